The van der Waals surface area contributed by atoms with Crippen molar-refractivity contribution in [3.8, 4) is 11.5 Å². The maximum atomic E-state index is 6.06. The summed E-state index contributed by atoms with van der Waals surface area (Å²) in [6.07, 6.45) is 3.56. The first-order valence-corrected chi connectivity index (χ1v) is 8.95. The Balaban J connectivity index is 1.84. The van der Waals surface area contributed by atoms with E-state index < -0.39 is 0 Å². The molecule has 122 valence electrons. The van der Waals surface area contributed by atoms with Gasteiger partial charge in [0.25, 0.3) is 0 Å². The molecule has 0 aliphatic carbocycles. The summed E-state index contributed by atoms with van der Waals surface area (Å²) in [7, 11) is 0. The summed E-state index contributed by atoms with van der Waals surface area (Å²) in [5.41, 5.74) is 1.86. The standard InChI is InChI=1S/C17H14Cl2N4S/c1-2-9-23-16(15-5-3-4-8-20-15)21-22-17(23)24-11-12-6-7-13(18)14(19)10-12/h2-8,10H,1,9,11H2. The monoisotopic (exact) mass is 376 g/mol. The predicted octanol–water partition coefficient (Wildman–Crippen LogP) is 5.13. The van der Waals surface area contributed by atoms with Crippen LogP contribution in [0.4, 0.5) is 0 Å². The molecule has 0 fully saturated rings. The summed E-state index contributed by atoms with van der Waals surface area (Å²) in [6.45, 7) is 4.43. The van der Waals surface area contributed by atoms with E-state index in [2.05, 4.69) is 21.8 Å². The molecule has 0 unspecified atom stereocenters. The molecule has 0 bridgehead atoms. The number of allylic oxidation sites excluding steroid dienone is 1. The number of rotatable bonds is 6. The third kappa shape index (κ3) is 3.80. The molecule has 7 heteroatoms. The van der Waals surface area contributed by atoms with Crippen LogP contribution >= 0.6 is 35.0 Å². The first kappa shape index (κ1) is 17.0. The minimum Gasteiger partial charge on any atom is -0.297 e. The van der Waals surface area contributed by atoms with Crippen molar-refractivity contribution in [1.29, 1.82) is 0 Å². The molecule has 0 radical (unpaired) electrons. The van der Waals surface area contributed by atoms with Crippen molar-refractivity contribution in [2.75, 3.05) is 0 Å². The number of aromatic nitrogens is 4. The first-order valence-electron chi connectivity index (χ1n) is 7.21. The van der Waals surface area contributed by atoms with E-state index in [1.165, 1.54) is 0 Å². The van der Waals surface area contributed by atoms with Crippen molar-refractivity contribution in [3.63, 3.8) is 0 Å². The molecule has 0 aliphatic heterocycles. The van der Waals surface area contributed by atoms with Gasteiger partial charge in [-0.1, -0.05) is 53.2 Å². The minimum absolute atomic E-state index is 0.552. The van der Waals surface area contributed by atoms with Gasteiger partial charge in [0.1, 0.15) is 5.69 Å². The van der Waals surface area contributed by atoms with Gasteiger partial charge in [0, 0.05) is 18.5 Å². The number of nitrogens with zero attached hydrogens (tertiary/aromatic N) is 4. The molecule has 2 heterocycles. The highest BCUT2D eigenvalue weighted by molar-refractivity contribution is 7.98. The Morgan fingerprint density at radius 3 is 2.71 bits per heavy atom. The van der Waals surface area contributed by atoms with Gasteiger partial charge in [0.15, 0.2) is 11.0 Å². The van der Waals surface area contributed by atoms with E-state index in [0.717, 1.165) is 22.2 Å². The molecule has 0 amide bonds. The van der Waals surface area contributed by atoms with Crippen molar-refractivity contribution < 1.29 is 0 Å². The lowest BCUT2D eigenvalue weighted by Crippen LogP contribution is -2.01. The summed E-state index contributed by atoms with van der Waals surface area (Å²) in [4.78, 5) is 4.35. The largest absolute Gasteiger partial charge is 0.297 e. The SMILES string of the molecule is C=CCn1c(SCc2ccc(Cl)c(Cl)c2)nnc1-c1ccccn1. The third-order valence-corrected chi connectivity index (χ3v) is 5.05. The second kappa shape index (κ2) is 7.83. The Labute approximate surface area is 154 Å². The lowest BCUT2D eigenvalue weighted by atomic mass is 10.2. The zero-order valence-electron chi connectivity index (χ0n) is 12.7. The van der Waals surface area contributed by atoms with Gasteiger partial charge < -0.3 is 0 Å². The van der Waals surface area contributed by atoms with Crippen LogP contribution in [0.3, 0.4) is 0 Å². The molecule has 3 rings (SSSR count). The third-order valence-electron chi connectivity index (χ3n) is 3.27. The number of hydrogen-bond acceptors (Lipinski definition) is 4. The molecule has 0 atom stereocenters. The summed E-state index contributed by atoms with van der Waals surface area (Å²) < 4.78 is 2.00. The Kier molecular flexibility index (Phi) is 5.56. The Morgan fingerprint density at radius 1 is 1.12 bits per heavy atom. The van der Waals surface area contributed by atoms with E-state index in [9.17, 15) is 0 Å². The summed E-state index contributed by atoms with van der Waals surface area (Å²) in [6, 6.07) is 11.3. The van der Waals surface area contributed by atoms with Crippen LogP contribution in [0.25, 0.3) is 11.5 Å². The van der Waals surface area contributed by atoms with Crippen LogP contribution in [0, 0.1) is 0 Å². The number of thioether (sulfide) groups is 1. The Bertz CT molecular complexity index is 849. The normalized spacial score (nSPS) is 10.8. The second-order valence-electron chi connectivity index (χ2n) is 4.96. The van der Waals surface area contributed by atoms with Crippen LogP contribution in [0.5, 0.6) is 0 Å². The average Bonchev–Trinajstić information content (AvgIpc) is 3.00. The minimum atomic E-state index is 0.552. The van der Waals surface area contributed by atoms with Gasteiger partial charge >= 0.3 is 0 Å². The lowest BCUT2D eigenvalue weighted by Gasteiger charge is -2.07. The van der Waals surface area contributed by atoms with Crippen molar-refractivity contribution in [1.82, 2.24) is 19.7 Å². The van der Waals surface area contributed by atoms with Crippen LogP contribution in [0.1, 0.15) is 5.56 Å². The van der Waals surface area contributed by atoms with Crippen LogP contribution in [-0.2, 0) is 12.3 Å². The lowest BCUT2D eigenvalue weighted by molar-refractivity contribution is 0.729. The maximum Gasteiger partial charge on any atom is 0.192 e. The molecule has 1 aromatic carbocycles. The molecular weight excluding hydrogens is 363 g/mol. The van der Waals surface area contributed by atoms with Gasteiger partial charge in [-0.25, -0.2) is 0 Å². The van der Waals surface area contributed by atoms with E-state index in [4.69, 9.17) is 23.2 Å². The van der Waals surface area contributed by atoms with Gasteiger partial charge in [-0.15, -0.1) is 16.8 Å². The fourth-order valence-electron chi connectivity index (χ4n) is 2.15. The van der Waals surface area contributed by atoms with E-state index >= 15 is 0 Å². The molecular formula is C17H14Cl2N4S. The van der Waals surface area contributed by atoms with Gasteiger partial charge in [0.2, 0.25) is 0 Å². The number of pyridine rings is 1. The second-order valence-corrected chi connectivity index (χ2v) is 6.71. The predicted molar refractivity (Wildman–Crippen MR) is 99.5 cm³/mol. The molecule has 0 saturated heterocycles. The molecule has 4 nitrogen and oxygen atoms in total. The maximum absolute atomic E-state index is 6.06. The molecule has 0 saturated carbocycles. The summed E-state index contributed by atoms with van der Waals surface area (Å²) >= 11 is 13.6. The Hall–Kier alpha value is -1.82. The zero-order chi connectivity index (χ0) is 16.9. The highest BCUT2D eigenvalue weighted by atomic mass is 35.5. The van der Waals surface area contributed by atoms with Crippen molar-refractivity contribution in [2.24, 2.45) is 0 Å². The fraction of sp³-hybridized carbons (Fsp3) is 0.118. The summed E-state index contributed by atoms with van der Waals surface area (Å²) in [5, 5.41) is 10.5. The highest BCUT2D eigenvalue weighted by Crippen LogP contribution is 2.28. The van der Waals surface area contributed by atoms with Gasteiger partial charge in [-0.05, 0) is 29.8 Å². The topological polar surface area (TPSA) is 43.6 Å². The highest BCUT2D eigenvalue weighted by Gasteiger charge is 2.14. The smallest absolute Gasteiger partial charge is 0.192 e. The molecule has 24 heavy (non-hydrogen) atoms. The Morgan fingerprint density at radius 2 is 2.00 bits per heavy atom. The molecule has 0 aliphatic rings. The van der Waals surface area contributed by atoms with Crippen molar-refractivity contribution in [3.05, 3.63) is 70.9 Å². The first-order chi connectivity index (χ1) is 11.7. The molecule has 0 N–H and O–H groups in total. The van der Waals surface area contributed by atoms with E-state index in [1.807, 2.05) is 41.0 Å². The molecule has 3 aromatic rings. The molecule has 2 aromatic heterocycles. The molecule has 0 spiro atoms. The number of halogens is 2. The van der Waals surface area contributed by atoms with Gasteiger partial charge in [-0.3, -0.25) is 9.55 Å². The van der Waals surface area contributed by atoms with Crippen LogP contribution in [-0.4, -0.2) is 19.7 Å². The van der Waals surface area contributed by atoms with Gasteiger partial charge in [-0.2, -0.15) is 0 Å². The van der Waals surface area contributed by atoms with Crippen LogP contribution in [0.2, 0.25) is 10.0 Å². The summed E-state index contributed by atoms with van der Waals surface area (Å²) in [5.74, 6) is 1.45. The van der Waals surface area contributed by atoms with Crippen LogP contribution in [0.15, 0.2) is 60.4 Å². The van der Waals surface area contributed by atoms with Crippen molar-refractivity contribution >= 4 is 35.0 Å². The van der Waals surface area contributed by atoms with E-state index in [1.54, 1.807) is 24.0 Å². The number of hydrogen-bond donors (Lipinski definition) is 0. The van der Waals surface area contributed by atoms with Crippen LogP contribution < -0.4 is 0 Å². The number of benzene rings is 1. The van der Waals surface area contributed by atoms with Crippen molar-refractivity contribution in [2.45, 2.75) is 17.5 Å². The zero-order valence-corrected chi connectivity index (χ0v) is 15.0. The average molecular weight is 377 g/mol. The fourth-order valence-corrected chi connectivity index (χ4v) is 3.36. The van der Waals surface area contributed by atoms with E-state index in [0.29, 0.717) is 22.3 Å². The van der Waals surface area contributed by atoms with E-state index in [-0.39, 0.29) is 0 Å². The quantitative estimate of drug-likeness (QED) is 0.442. The van der Waals surface area contributed by atoms with Gasteiger partial charge in [0.05, 0.1) is 10.0 Å².